The molecule has 0 fully saturated rings. The number of aryl methyl sites for hydroxylation is 1. The number of fused-ring (bicyclic) bond motifs is 4. The fourth-order valence-corrected chi connectivity index (χ4v) is 5.34. The Morgan fingerprint density at radius 2 is 1.74 bits per heavy atom. The average Bonchev–Trinajstić information content (AvgIpc) is 3.33. The van der Waals surface area contributed by atoms with Crippen molar-refractivity contribution in [2.24, 2.45) is 0 Å². The summed E-state index contributed by atoms with van der Waals surface area (Å²) in [6.45, 7) is 1.80. The monoisotopic (exact) mass is 575 g/mol. The SMILES string of the molecule is COc1cc2c(c(OC)c1OC)-c1ccc(NCC(=O)NCc3ccc4c(c3)OCO4)c(=O)cc1[C@H](NC(C)=O)CC2. The molecule has 11 nitrogen and oxygen atoms in total. The van der Waals surface area contributed by atoms with Crippen LogP contribution >= 0.6 is 0 Å². The van der Waals surface area contributed by atoms with E-state index in [0.29, 0.717) is 59.3 Å². The summed E-state index contributed by atoms with van der Waals surface area (Å²) in [6.07, 6.45) is 1.14. The molecule has 1 heterocycles. The van der Waals surface area contributed by atoms with Crippen molar-refractivity contribution < 1.29 is 33.3 Å². The van der Waals surface area contributed by atoms with E-state index in [-0.39, 0.29) is 36.3 Å². The molecule has 11 heteroatoms. The number of amides is 2. The van der Waals surface area contributed by atoms with Gasteiger partial charge in [-0.2, -0.15) is 0 Å². The van der Waals surface area contributed by atoms with E-state index in [0.717, 1.165) is 16.7 Å². The summed E-state index contributed by atoms with van der Waals surface area (Å²) < 4.78 is 27.7. The van der Waals surface area contributed by atoms with Gasteiger partial charge in [-0.1, -0.05) is 12.1 Å². The summed E-state index contributed by atoms with van der Waals surface area (Å²) in [4.78, 5) is 38.2. The molecule has 2 amide bonds. The number of hydrogen-bond donors (Lipinski definition) is 3. The van der Waals surface area contributed by atoms with Gasteiger partial charge in [0, 0.05) is 19.0 Å². The minimum absolute atomic E-state index is 0.117. The second kappa shape index (κ2) is 12.3. The number of carbonyl (C=O) groups excluding carboxylic acids is 2. The highest BCUT2D eigenvalue weighted by atomic mass is 16.7. The fraction of sp³-hybridized carbons (Fsp3) is 0.323. The van der Waals surface area contributed by atoms with Gasteiger partial charge in [0.25, 0.3) is 0 Å². The first-order valence-corrected chi connectivity index (χ1v) is 13.5. The van der Waals surface area contributed by atoms with Crippen LogP contribution in [0.1, 0.15) is 36.1 Å². The fourth-order valence-electron chi connectivity index (χ4n) is 5.34. The smallest absolute Gasteiger partial charge is 0.239 e. The first kappa shape index (κ1) is 28.6. The lowest BCUT2D eigenvalue weighted by Crippen LogP contribution is -2.30. The summed E-state index contributed by atoms with van der Waals surface area (Å²) in [5.41, 5.74) is 3.80. The normalized spacial score (nSPS) is 14.5. The molecule has 1 atom stereocenters. The van der Waals surface area contributed by atoms with Gasteiger partial charge in [-0.25, -0.2) is 0 Å². The van der Waals surface area contributed by atoms with Gasteiger partial charge in [-0.05, 0) is 65.4 Å². The molecule has 0 radical (unpaired) electrons. The van der Waals surface area contributed by atoms with Crippen molar-refractivity contribution in [3.05, 3.63) is 69.4 Å². The number of methoxy groups -OCH3 is 3. The van der Waals surface area contributed by atoms with Gasteiger partial charge in [-0.3, -0.25) is 14.4 Å². The maximum absolute atomic E-state index is 13.4. The Labute approximate surface area is 243 Å². The lowest BCUT2D eigenvalue weighted by molar-refractivity contribution is -0.120. The van der Waals surface area contributed by atoms with Crippen molar-refractivity contribution in [2.45, 2.75) is 32.4 Å². The van der Waals surface area contributed by atoms with Crippen molar-refractivity contribution in [1.82, 2.24) is 10.6 Å². The Balaban J connectivity index is 1.44. The highest BCUT2D eigenvalue weighted by Crippen LogP contribution is 2.50. The summed E-state index contributed by atoms with van der Waals surface area (Å²) in [6, 6.07) is 11.9. The van der Waals surface area contributed by atoms with Gasteiger partial charge in [0.1, 0.15) is 0 Å². The Morgan fingerprint density at radius 1 is 0.952 bits per heavy atom. The van der Waals surface area contributed by atoms with Crippen LogP contribution in [0.2, 0.25) is 0 Å². The van der Waals surface area contributed by atoms with Crippen molar-refractivity contribution in [3.63, 3.8) is 0 Å². The molecule has 0 saturated carbocycles. The molecule has 0 aromatic heterocycles. The first-order chi connectivity index (χ1) is 20.3. The van der Waals surface area contributed by atoms with Gasteiger partial charge in [0.15, 0.2) is 23.0 Å². The molecule has 3 N–H and O–H groups in total. The van der Waals surface area contributed by atoms with E-state index in [1.165, 1.54) is 20.1 Å². The van der Waals surface area contributed by atoms with Gasteiger partial charge >= 0.3 is 0 Å². The van der Waals surface area contributed by atoms with Crippen LogP contribution in [0.4, 0.5) is 5.69 Å². The zero-order chi connectivity index (χ0) is 29.8. The van der Waals surface area contributed by atoms with Crippen LogP contribution in [0.25, 0.3) is 11.1 Å². The molecule has 3 aromatic rings. The summed E-state index contributed by atoms with van der Waals surface area (Å²) in [5, 5.41) is 8.79. The highest BCUT2D eigenvalue weighted by Gasteiger charge is 2.29. The second-order valence-electron chi connectivity index (χ2n) is 9.91. The van der Waals surface area contributed by atoms with Crippen LogP contribution in [0.15, 0.2) is 47.3 Å². The van der Waals surface area contributed by atoms with Gasteiger partial charge in [-0.15, -0.1) is 0 Å². The number of carbonyl (C=O) groups is 2. The van der Waals surface area contributed by atoms with E-state index in [2.05, 4.69) is 16.0 Å². The number of anilines is 1. The van der Waals surface area contributed by atoms with Crippen molar-refractivity contribution in [3.8, 4) is 39.9 Å². The first-order valence-electron chi connectivity index (χ1n) is 13.5. The molecule has 3 aromatic carbocycles. The number of benzene rings is 2. The summed E-state index contributed by atoms with van der Waals surface area (Å²) in [5.74, 6) is 2.21. The van der Waals surface area contributed by atoms with Gasteiger partial charge in [0.05, 0.1) is 39.6 Å². The predicted molar refractivity (Wildman–Crippen MR) is 156 cm³/mol. The Hall–Kier alpha value is -4.93. The van der Waals surface area contributed by atoms with Gasteiger partial charge < -0.3 is 39.6 Å². The maximum Gasteiger partial charge on any atom is 0.239 e. The predicted octanol–water partition coefficient (Wildman–Crippen LogP) is 3.32. The van der Waals surface area contributed by atoms with E-state index in [4.69, 9.17) is 23.7 Å². The van der Waals surface area contributed by atoms with E-state index >= 15 is 0 Å². The number of rotatable bonds is 9. The molecule has 1 aliphatic heterocycles. The number of hydrogen-bond acceptors (Lipinski definition) is 9. The largest absolute Gasteiger partial charge is 0.493 e. The Bertz CT molecular complexity index is 1590. The summed E-state index contributed by atoms with van der Waals surface area (Å²) in [7, 11) is 4.64. The summed E-state index contributed by atoms with van der Waals surface area (Å²) >= 11 is 0. The molecule has 0 saturated heterocycles. The number of ether oxygens (including phenoxy) is 5. The zero-order valence-electron chi connectivity index (χ0n) is 23.9. The molecule has 42 heavy (non-hydrogen) atoms. The minimum Gasteiger partial charge on any atom is -0.493 e. The molecule has 1 aliphatic carbocycles. The topological polar surface area (TPSA) is 133 Å². The van der Waals surface area contributed by atoms with Crippen molar-refractivity contribution >= 4 is 17.5 Å². The van der Waals surface area contributed by atoms with E-state index in [1.54, 1.807) is 32.4 Å². The second-order valence-corrected chi connectivity index (χ2v) is 9.91. The molecule has 2 aliphatic rings. The van der Waals surface area contributed by atoms with Crippen LogP contribution in [-0.2, 0) is 22.6 Å². The third-order valence-electron chi connectivity index (χ3n) is 7.28. The van der Waals surface area contributed by atoms with Crippen LogP contribution in [0.3, 0.4) is 0 Å². The van der Waals surface area contributed by atoms with E-state index in [1.807, 2.05) is 18.2 Å². The Morgan fingerprint density at radius 3 is 2.48 bits per heavy atom. The van der Waals surface area contributed by atoms with Gasteiger partial charge in [0.2, 0.25) is 29.8 Å². The quantitative estimate of drug-likeness (QED) is 0.351. The third kappa shape index (κ3) is 5.76. The lowest BCUT2D eigenvalue weighted by Gasteiger charge is -2.19. The highest BCUT2D eigenvalue weighted by molar-refractivity contribution is 5.84. The molecule has 0 bridgehead atoms. The standard InChI is InChI=1S/C31H33N3O8/c1-17(35)34-22-8-6-19-12-27(38-2)30(39-3)31(40-4)29(19)20-7-9-23(24(36)13-21(20)22)32-15-28(37)33-14-18-5-10-25-26(11-18)42-16-41-25/h5,7,9-13,22H,6,8,14-16H2,1-4H3,(H,32,36)(H,33,37)(H,34,35)/t22-/m1/s1. The molecular formula is C31H33N3O8. The number of nitrogens with one attached hydrogen (secondary N) is 3. The molecule has 220 valence electrons. The van der Waals surface area contributed by atoms with Crippen molar-refractivity contribution in [1.29, 1.82) is 0 Å². The van der Waals surface area contributed by atoms with Crippen molar-refractivity contribution in [2.75, 3.05) is 40.0 Å². The molecular weight excluding hydrogens is 542 g/mol. The third-order valence-corrected chi connectivity index (χ3v) is 7.28. The minimum atomic E-state index is -0.426. The zero-order valence-corrected chi connectivity index (χ0v) is 23.9. The maximum atomic E-state index is 13.4. The molecule has 0 spiro atoms. The van der Waals surface area contributed by atoms with E-state index in [9.17, 15) is 14.4 Å². The van der Waals surface area contributed by atoms with Crippen LogP contribution in [0, 0.1) is 0 Å². The Kier molecular flexibility index (Phi) is 8.37. The average molecular weight is 576 g/mol. The van der Waals surface area contributed by atoms with Crippen LogP contribution in [-0.4, -0.2) is 46.5 Å². The van der Waals surface area contributed by atoms with E-state index < -0.39 is 6.04 Å². The lowest BCUT2D eigenvalue weighted by atomic mass is 9.95. The molecule has 0 unspecified atom stereocenters. The molecule has 5 rings (SSSR count). The van der Waals surface area contributed by atoms with Crippen LogP contribution in [0.5, 0.6) is 28.7 Å². The van der Waals surface area contributed by atoms with Crippen LogP contribution < -0.4 is 45.1 Å².